The van der Waals surface area contributed by atoms with E-state index in [-0.39, 0.29) is 5.97 Å². The maximum Gasteiger partial charge on any atom is 0.309 e. The van der Waals surface area contributed by atoms with Crippen LogP contribution < -0.4 is 4.74 Å². The van der Waals surface area contributed by atoms with Crippen LogP contribution in [0.1, 0.15) is 38.7 Å². The number of carbonyl (C=O) groups excluding carboxylic acids is 1. The normalized spacial score (nSPS) is 10.4. The predicted molar refractivity (Wildman–Crippen MR) is 67.3 cm³/mol. The molecule has 3 nitrogen and oxygen atoms in total. The summed E-state index contributed by atoms with van der Waals surface area (Å²) in [5, 5.41) is 0. The Morgan fingerprint density at radius 3 is 2.76 bits per heavy atom. The first-order valence-corrected chi connectivity index (χ1v) is 6.02. The van der Waals surface area contributed by atoms with Gasteiger partial charge in [-0.15, -0.1) is 0 Å². The van der Waals surface area contributed by atoms with Gasteiger partial charge in [0.2, 0.25) is 0 Å². The molecule has 0 radical (unpaired) electrons. The molecule has 94 valence electrons. The van der Waals surface area contributed by atoms with Crippen LogP contribution in [0.5, 0.6) is 5.75 Å². The Labute approximate surface area is 103 Å². The molecule has 1 aromatic carbocycles. The Hall–Kier alpha value is -1.51. The first-order valence-electron chi connectivity index (χ1n) is 6.02. The second-order valence-electron chi connectivity index (χ2n) is 4.13. The first-order chi connectivity index (χ1) is 8.13. The molecule has 0 heterocycles. The fraction of sp³-hybridized carbons (Fsp3) is 0.500. The summed E-state index contributed by atoms with van der Waals surface area (Å²) in [4.78, 5) is 11.1. The molecule has 1 aromatic rings. The van der Waals surface area contributed by atoms with Crippen molar-refractivity contribution in [3.05, 3.63) is 29.8 Å². The van der Waals surface area contributed by atoms with Crippen LogP contribution in [0.2, 0.25) is 0 Å². The molecule has 1 rings (SSSR count). The fourth-order valence-electron chi connectivity index (χ4n) is 1.45. The molecule has 0 unspecified atom stereocenters. The lowest BCUT2D eigenvalue weighted by Gasteiger charge is -2.09. The van der Waals surface area contributed by atoms with Crippen LogP contribution in [0, 0.1) is 0 Å². The van der Waals surface area contributed by atoms with Gasteiger partial charge in [0.05, 0.1) is 19.6 Å². The summed E-state index contributed by atoms with van der Waals surface area (Å²) >= 11 is 0. The summed E-state index contributed by atoms with van der Waals surface area (Å²) in [6, 6.07) is 7.95. The minimum Gasteiger partial charge on any atom is -0.493 e. The monoisotopic (exact) mass is 236 g/mol. The van der Waals surface area contributed by atoms with E-state index in [0.29, 0.717) is 25.6 Å². The Bertz CT molecular complexity index is 358. The number of benzene rings is 1. The SMILES string of the molecule is CCOC(=O)CCOc1cccc(C(C)C)c1. The zero-order chi connectivity index (χ0) is 12.7. The lowest BCUT2D eigenvalue weighted by molar-refractivity contribution is -0.143. The van der Waals surface area contributed by atoms with Crippen molar-refractivity contribution >= 4 is 5.97 Å². The summed E-state index contributed by atoms with van der Waals surface area (Å²) in [6.07, 6.45) is 0.291. The van der Waals surface area contributed by atoms with Gasteiger partial charge in [-0.3, -0.25) is 4.79 Å². The highest BCUT2D eigenvalue weighted by molar-refractivity contribution is 5.69. The van der Waals surface area contributed by atoms with E-state index in [1.807, 2.05) is 18.2 Å². The molecule has 3 heteroatoms. The number of rotatable bonds is 6. The van der Waals surface area contributed by atoms with Gasteiger partial charge in [-0.05, 0) is 30.5 Å². The van der Waals surface area contributed by atoms with Crippen molar-refractivity contribution in [1.29, 1.82) is 0 Å². The van der Waals surface area contributed by atoms with E-state index in [2.05, 4.69) is 19.9 Å². The third kappa shape index (κ3) is 4.89. The van der Waals surface area contributed by atoms with Crippen LogP contribution in [-0.2, 0) is 9.53 Å². The van der Waals surface area contributed by atoms with Crippen molar-refractivity contribution in [2.75, 3.05) is 13.2 Å². The molecule has 0 aliphatic heterocycles. The van der Waals surface area contributed by atoms with Crippen LogP contribution in [0.3, 0.4) is 0 Å². The molecule has 0 saturated carbocycles. The Kier molecular flexibility index (Phi) is 5.53. The van der Waals surface area contributed by atoms with Gasteiger partial charge in [0.1, 0.15) is 5.75 Å². The van der Waals surface area contributed by atoms with Crippen molar-refractivity contribution in [3.8, 4) is 5.75 Å². The molecule has 0 spiro atoms. The second kappa shape index (κ2) is 6.94. The quantitative estimate of drug-likeness (QED) is 0.712. The molecule has 0 bridgehead atoms. The standard InChI is InChI=1S/C14H20O3/c1-4-16-14(15)8-9-17-13-7-5-6-12(10-13)11(2)3/h5-7,10-11H,4,8-9H2,1-3H3. The summed E-state index contributed by atoms with van der Waals surface area (Å²) in [7, 11) is 0. The van der Waals surface area contributed by atoms with Crippen LogP contribution in [-0.4, -0.2) is 19.2 Å². The van der Waals surface area contributed by atoms with Crippen molar-refractivity contribution in [2.24, 2.45) is 0 Å². The van der Waals surface area contributed by atoms with Gasteiger partial charge in [-0.1, -0.05) is 26.0 Å². The van der Waals surface area contributed by atoms with Crippen molar-refractivity contribution in [3.63, 3.8) is 0 Å². The lowest BCUT2D eigenvalue weighted by atomic mass is 10.0. The summed E-state index contributed by atoms with van der Waals surface area (Å²) < 4.78 is 10.3. The molecule has 0 saturated heterocycles. The molecule has 0 aromatic heterocycles. The highest BCUT2D eigenvalue weighted by Gasteiger charge is 2.04. The van der Waals surface area contributed by atoms with Crippen molar-refractivity contribution < 1.29 is 14.3 Å². The molecule has 0 atom stereocenters. The number of ether oxygens (including phenoxy) is 2. The largest absolute Gasteiger partial charge is 0.493 e. The van der Waals surface area contributed by atoms with Crippen LogP contribution >= 0.6 is 0 Å². The van der Waals surface area contributed by atoms with E-state index in [1.54, 1.807) is 6.92 Å². The lowest BCUT2D eigenvalue weighted by Crippen LogP contribution is -2.09. The molecule has 0 N–H and O–H groups in total. The number of esters is 1. The average Bonchev–Trinajstić information content (AvgIpc) is 2.30. The Morgan fingerprint density at radius 1 is 1.35 bits per heavy atom. The van der Waals surface area contributed by atoms with Gasteiger partial charge in [-0.2, -0.15) is 0 Å². The third-order valence-electron chi connectivity index (χ3n) is 2.40. The highest BCUT2D eigenvalue weighted by Crippen LogP contribution is 2.20. The van der Waals surface area contributed by atoms with Crippen molar-refractivity contribution in [1.82, 2.24) is 0 Å². The molecule has 0 fully saturated rings. The number of carbonyl (C=O) groups is 1. The highest BCUT2D eigenvalue weighted by atomic mass is 16.5. The van der Waals surface area contributed by atoms with Gasteiger partial charge in [0.25, 0.3) is 0 Å². The minimum atomic E-state index is -0.215. The smallest absolute Gasteiger partial charge is 0.309 e. The first kappa shape index (κ1) is 13.6. The van der Waals surface area contributed by atoms with E-state index >= 15 is 0 Å². The van der Waals surface area contributed by atoms with E-state index in [1.165, 1.54) is 5.56 Å². The Balaban J connectivity index is 2.41. The van der Waals surface area contributed by atoms with E-state index in [0.717, 1.165) is 5.75 Å². The van der Waals surface area contributed by atoms with E-state index in [9.17, 15) is 4.79 Å². The zero-order valence-electron chi connectivity index (χ0n) is 10.7. The zero-order valence-corrected chi connectivity index (χ0v) is 10.7. The van der Waals surface area contributed by atoms with E-state index < -0.39 is 0 Å². The molecule has 0 aliphatic carbocycles. The predicted octanol–water partition coefficient (Wildman–Crippen LogP) is 3.14. The Morgan fingerprint density at radius 2 is 2.12 bits per heavy atom. The summed E-state index contributed by atoms with van der Waals surface area (Å²) in [5.41, 5.74) is 1.23. The molecule has 0 aliphatic rings. The molecular weight excluding hydrogens is 216 g/mol. The number of hydrogen-bond donors (Lipinski definition) is 0. The number of hydrogen-bond acceptors (Lipinski definition) is 3. The van der Waals surface area contributed by atoms with Crippen LogP contribution in [0.4, 0.5) is 0 Å². The fourth-order valence-corrected chi connectivity index (χ4v) is 1.45. The maximum atomic E-state index is 11.1. The third-order valence-corrected chi connectivity index (χ3v) is 2.40. The van der Waals surface area contributed by atoms with Gasteiger partial charge in [-0.25, -0.2) is 0 Å². The van der Waals surface area contributed by atoms with Crippen molar-refractivity contribution in [2.45, 2.75) is 33.1 Å². The maximum absolute atomic E-state index is 11.1. The summed E-state index contributed by atoms with van der Waals surface area (Å²) in [6.45, 7) is 6.85. The average molecular weight is 236 g/mol. The molecule has 0 amide bonds. The molecule has 17 heavy (non-hydrogen) atoms. The second-order valence-corrected chi connectivity index (χ2v) is 4.13. The van der Waals surface area contributed by atoms with E-state index in [4.69, 9.17) is 9.47 Å². The van der Waals surface area contributed by atoms with Crippen LogP contribution in [0.25, 0.3) is 0 Å². The van der Waals surface area contributed by atoms with Gasteiger partial charge in [0.15, 0.2) is 0 Å². The van der Waals surface area contributed by atoms with Gasteiger partial charge < -0.3 is 9.47 Å². The molecular formula is C14H20O3. The van der Waals surface area contributed by atoms with Gasteiger partial charge >= 0.3 is 5.97 Å². The minimum absolute atomic E-state index is 0.215. The topological polar surface area (TPSA) is 35.5 Å². The summed E-state index contributed by atoms with van der Waals surface area (Å²) in [5.74, 6) is 1.07. The van der Waals surface area contributed by atoms with Crippen LogP contribution in [0.15, 0.2) is 24.3 Å². The van der Waals surface area contributed by atoms with Gasteiger partial charge in [0, 0.05) is 0 Å².